The fourth-order valence-corrected chi connectivity index (χ4v) is 8.27. The number of likely N-dealkylation sites (tertiary alicyclic amines) is 1. The number of hydrogen-bond donors (Lipinski definition) is 2. The molecule has 3 amide bonds. The van der Waals surface area contributed by atoms with Crippen molar-refractivity contribution >= 4 is 40.2 Å². The second-order valence-corrected chi connectivity index (χ2v) is 14.0. The Balaban J connectivity index is 1.30. The van der Waals surface area contributed by atoms with Crippen molar-refractivity contribution in [3.8, 4) is 0 Å². The average molecular weight is 708 g/mol. The summed E-state index contributed by atoms with van der Waals surface area (Å²) in [6, 6.07) is 22.0. The molecule has 1 spiro atoms. The summed E-state index contributed by atoms with van der Waals surface area (Å²) in [6.45, 7) is 8.31. The number of esters is 1. The van der Waals surface area contributed by atoms with Crippen LogP contribution in [0, 0.1) is 11.8 Å². The zero-order chi connectivity index (χ0) is 36.7. The van der Waals surface area contributed by atoms with E-state index in [2.05, 4.69) is 18.5 Å². The molecule has 3 fully saturated rings. The Morgan fingerprint density at radius 2 is 1.75 bits per heavy atom. The maximum atomic E-state index is 15.0. The van der Waals surface area contributed by atoms with Crippen LogP contribution < -0.4 is 10.2 Å². The number of rotatable bonds is 18. The van der Waals surface area contributed by atoms with E-state index >= 15 is 0 Å². The van der Waals surface area contributed by atoms with Crippen LogP contribution >= 0.6 is 0 Å². The molecule has 3 aliphatic rings. The third kappa shape index (κ3) is 7.41. The second-order valence-electron chi connectivity index (χ2n) is 14.0. The molecule has 3 aromatic rings. The summed E-state index contributed by atoms with van der Waals surface area (Å²) in [5, 5.41) is 14.2. The largest absolute Gasteiger partial charge is 0.455 e. The summed E-state index contributed by atoms with van der Waals surface area (Å²) < 4.78 is 12.9. The summed E-state index contributed by atoms with van der Waals surface area (Å²) >= 11 is 0. The first-order valence-corrected chi connectivity index (χ1v) is 18.5. The predicted octanol–water partition coefficient (Wildman–Crippen LogP) is 5.65. The number of hydrogen-bond acceptors (Lipinski definition) is 7. The molecule has 0 radical (unpaired) electrons. The number of ether oxygens (including phenoxy) is 2. The lowest BCUT2D eigenvalue weighted by Gasteiger charge is -2.37. The Hall–Kier alpha value is -4.80. The van der Waals surface area contributed by atoms with Gasteiger partial charge in [0.1, 0.15) is 17.7 Å². The van der Waals surface area contributed by atoms with Gasteiger partial charge in [-0.05, 0) is 60.6 Å². The standard InChI is InChI=1S/C42H49N3O7/c1-3-5-19-35(47)43-28-34(30-16-9-8-10-17-30)51-41(50)36-33-22-23-42(52-33)37(36)39(48)45(25-13-6-7-14-26-46)38(42)40(49)44(24-4-2)32-21-20-29-15-11-12-18-31(29)27-32/h3-4,8-12,15-18,20-21,27,33-34,36-38,46H,1-2,5-7,13-14,19,22-26,28H2,(H,43,47)/t33-,34+,36+,37+,38-,42+/m1/s1. The Morgan fingerprint density at radius 1 is 1.00 bits per heavy atom. The number of carbonyl (C=O) groups is 4. The van der Waals surface area contributed by atoms with Crippen LogP contribution in [0.25, 0.3) is 10.8 Å². The number of aliphatic hydroxyl groups excluding tert-OH is 1. The summed E-state index contributed by atoms with van der Waals surface area (Å²) in [5.41, 5.74) is 0.193. The predicted molar refractivity (Wildman–Crippen MR) is 199 cm³/mol. The minimum absolute atomic E-state index is 0.0665. The highest BCUT2D eigenvalue weighted by Gasteiger charge is 2.75. The number of unbranched alkanes of at least 4 members (excludes halogenated alkanes) is 3. The van der Waals surface area contributed by atoms with Crippen molar-refractivity contribution in [2.45, 2.75) is 75.2 Å². The molecular weight excluding hydrogens is 658 g/mol. The number of aliphatic hydroxyl groups is 1. The van der Waals surface area contributed by atoms with E-state index in [4.69, 9.17) is 9.47 Å². The van der Waals surface area contributed by atoms with Gasteiger partial charge in [0.15, 0.2) is 0 Å². The van der Waals surface area contributed by atoms with E-state index in [1.54, 1.807) is 22.0 Å². The van der Waals surface area contributed by atoms with Crippen LogP contribution in [-0.2, 0) is 28.7 Å². The fourth-order valence-electron chi connectivity index (χ4n) is 8.27. The molecule has 10 heteroatoms. The lowest BCUT2D eigenvalue weighted by Crippen LogP contribution is -2.56. The molecule has 3 aliphatic heterocycles. The van der Waals surface area contributed by atoms with Crippen LogP contribution in [0.2, 0.25) is 0 Å². The van der Waals surface area contributed by atoms with E-state index in [1.165, 1.54) is 0 Å². The zero-order valence-electron chi connectivity index (χ0n) is 29.7. The van der Waals surface area contributed by atoms with Gasteiger partial charge in [0.05, 0.1) is 24.5 Å². The molecule has 10 nitrogen and oxygen atoms in total. The molecule has 2 bridgehead atoms. The quantitative estimate of drug-likeness (QED) is 0.0995. The molecule has 2 N–H and O–H groups in total. The van der Waals surface area contributed by atoms with E-state index in [0.29, 0.717) is 49.9 Å². The second kappa shape index (κ2) is 16.7. The minimum Gasteiger partial charge on any atom is -0.455 e. The van der Waals surface area contributed by atoms with Gasteiger partial charge in [-0.2, -0.15) is 0 Å². The number of nitrogens with one attached hydrogen (secondary N) is 1. The van der Waals surface area contributed by atoms with Crippen LogP contribution in [0.4, 0.5) is 5.69 Å². The van der Waals surface area contributed by atoms with E-state index in [0.717, 1.165) is 23.6 Å². The van der Waals surface area contributed by atoms with Gasteiger partial charge >= 0.3 is 5.97 Å². The highest BCUT2D eigenvalue weighted by Crippen LogP contribution is 2.59. The number of amides is 3. The number of benzene rings is 3. The van der Waals surface area contributed by atoms with Gasteiger partial charge in [-0.1, -0.05) is 85.7 Å². The molecule has 0 aliphatic carbocycles. The molecule has 0 saturated carbocycles. The van der Waals surface area contributed by atoms with Gasteiger partial charge in [-0.15, -0.1) is 13.2 Å². The van der Waals surface area contributed by atoms with Crippen molar-refractivity contribution in [2.75, 3.05) is 31.1 Å². The summed E-state index contributed by atoms with van der Waals surface area (Å²) in [6.07, 6.45) is 6.59. The van der Waals surface area contributed by atoms with Gasteiger partial charge < -0.3 is 29.7 Å². The smallest absolute Gasteiger partial charge is 0.313 e. The van der Waals surface area contributed by atoms with Gasteiger partial charge in [0, 0.05) is 31.8 Å². The zero-order valence-corrected chi connectivity index (χ0v) is 29.7. The van der Waals surface area contributed by atoms with E-state index in [1.807, 2.05) is 72.8 Å². The van der Waals surface area contributed by atoms with Crippen molar-refractivity contribution in [2.24, 2.45) is 11.8 Å². The SMILES string of the molecule is C=CCCC(=O)NC[C@H](OC(=O)[C@@H]1[C@H]2C(=O)N(CCCCCCO)[C@H](C(=O)N(CC=C)c3ccc4ccccc4c3)[C@]23CC[C@H]1O3)c1ccccc1. The third-order valence-corrected chi connectivity index (χ3v) is 10.7. The highest BCUT2D eigenvalue weighted by molar-refractivity contribution is 6.05. The van der Waals surface area contributed by atoms with Crippen molar-refractivity contribution in [1.29, 1.82) is 0 Å². The van der Waals surface area contributed by atoms with Crippen molar-refractivity contribution in [3.05, 3.63) is 104 Å². The molecule has 52 heavy (non-hydrogen) atoms. The molecule has 0 unspecified atom stereocenters. The number of carbonyl (C=O) groups excluding carboxylic acids is 4. The fraction of sp³-hybridized carbons (Fsp3) is 0.429. The van der Waals surface area contributed by atoms with Crippen molar-refractivity contribution in [1.82, 2.24) is 10.2 Å². The molecule has 274 valence electrons. The van der Waals surface area contributed by atoms with Crippen LogP contribution in [0.5, 0.6) is 0 Å². The van der Waals surface area contributed by atoms with Crippen LogP contribution in [0.15, 0.2) is 98.1 Å². The Kier molecular flexibility index (Phi) is 11.9. The van der Waals surface area contributed by atoms with Gasteiger partial charge in [0.25, 0.3) is 5.91 Å². The normalized spacial score (nSPS) is 23.6. The molecule has 3 heterocycles. The Morgan fingerprint density at radius 3 is 2.50 bits per heavy atom. The molecule has 6 atom stereocenters. The highest BCUT2D eigenvalue weighted by atomic mass is 16.6. The van der Waals surface area contributed by atoms with E-state index in [-0.39, 0.29) is 43.8 Å². The van der Waals surface area contributed by atoms with Crippen molar-refractivity contribution < 1.29 is 33.8 Å². The maximum Gasteiger partial charge on any atom is 0.313 e. The number of allylic oxidation sites excluding steroid dienone is 1. The minimum atomic E-state index is -1.20. The molecule has 6 rings (SSSR count). The summed E-state index contributed by atoms with van der Waals surface area (Å²) in [7, 11) is 0. The lowest BCUT2D eigenvalue weighted by atomic mass is 9.70. The first-order chi connectivity index (χ1) is 25.3. The number of anilines is 1. The molecule has 3 aromatic carbocycles. The van der Waals surface area contributed by atoms with E-state index in [9.17, 15) is 24.3 Å². The Bertz CT molecular complexity index is 1780. The van der Waals surface area contributed by atoms with E-state index < -0.39 is 41.7 Å². The lowest BCUT2D eigenvalue weighted by molar-refractivity contribution is -0.160. The topological polar surface area (TPSA) is 125 Å². The first kappa shape index (κ1) is 37.0. The average Bonchev–Trinajstić information content (AvgIpc) is 3.81. The summed E-state index contributed by atoms with van der Waals surface area (Å²) in [4.78, 5) is 59.7. The third-order valence-electron chi connectivity index (χ3n) is 10.7. The summed E-state index contributed by atoms with van der Waals surface area (Å²) in [5.74, 6) is -3.13. The van der Waals surface area contributed by atoms with Crippen molar-refractivity contribution in [3.63, 3.8) is 0 Å². The van der Waals surface area contributed by atoms with Crippen LogP contribution in [-0.4, -0.2) is 77.7 Å². The molecular formula is C42H49N3O7. The van der Waals surface area contributed by atoms with Crippen LogP contribution in [0.1, 0.15) is 63.0 Å². The number of fused-ring (bicyclic) bond motifs is 2. The first-order valence-electron chi connectivity index (χ1n) is 18.5. The molecule has 0 aromatic heterocycles. The Labute approximate surface area is 305 Å². The van der Waals surface area contributed by atoms with Gasteiger partial charge in [-0.3, -0.25) is 19.2 Å². The molecule has 3 saturated heterocycles. The number of nitrogens with zero attached hydrogens (tertiary/aromatic N) is 2. The van der Waals surface area contributed by atoms with Crippen LogP contribution in [0.3, 0.4) is 0 Å². The monoisotopic (exact) mass is 707 g/mol. The van der Waals surface area contributed by atoms with Gasteiger partial charge in [0.2, 0.25) is 11.8 Å². The van der Waals surface area contributed by atoms with Gasteiger partial charge in [-0.25, -0.2) is 0 Å². The maximum absolute atomic E-state index is 15.0.